The van der Waals surface area contributed by atoms with Gasteiger partial charge in [-0.2, -0.15) is 0 Å². The second-order valence-electron chi connectivity index (χ2n) is 3.36. The summed E-state index contributed by atoms with van der Waals surface area (Å²) in [5, 5.41) is 2.92. The second-order valence-corrected chi connectivity index (χ2v) is 5.12. The molecule has 0 fully saturated rings. The van der Waals surface area contributed by atoms with E-state index in [0.29, 0.717) is 12.6 Å². The number of likely N-dealkylation sites (N-methyl/N-ethyl adjacent to an activating group) is 1. The number of rotatable bonds is 6. The Balaban J connectivity index is 0.00000289. The lowest BCUT2D eigenvalue weighted by molar-refractivity contribution is 0.559. The molecule has 2 N–H and O–H groups in total. The first-order valence-corrected chi connectivity index (χ1v) is 6.60. The number of hydrogen-bond acceptors (Lipinski definition) is 3. The summed E-state index contributed by atoms with van der Waals surface area (Å²) in [5.41, 5.74) is 0. The third-order valence-electron chi connectivity index (χ3n) is 1.99. The van der Waals surface area contributed by atoms with E-state index < -0.39 is 26.6 Å². The summed E-state index contributed by atoms with van der Waals surface area (Å²) in [6.07, 6.45) is 0. The molecule has 8 heteroatoms. The van der Waals surface area contributed by atoms with Gasteiger partial charge in [0.1, 0.15) is 11.6 Å². The van der Waals surface area contributed by atoms with E-state index in [1.165, 1.54) is 0 Å². The average Bonchev–Trinajstić information content (AvgIpc) is 2.23. The first kappa shape index (κ1) is 17.2. The predicted octanol–water partition coefficient (Wildman–Crippen LogP) is 1.27. The molecule has 104 valence electrons. The lowest BCUT2D eigenvalue weighted by atomic mass is 10.3. The summed E-state index contributed by atoms with van der Waals surface area (Å²) in [6, 6.07) is 2.18. The Morgan fingerprint density at radius 3 is 2.17 bits per heavy atom. The van der Waals surface area contributed by atoms with E-state index >= 15 is 0 Å². The number of benzene rings is 1. The van der Waals surface area contributed by atoms with Gasteiger partial charge in [0.05, 0.1) is 4.90 Å². The minimum absolute atomic E-state index is 0. The fourth-order valence-corrected chi connectivity index (χ4v) is 2.29. The Bertz CT molecular complexity index is 463. The topological polar surface area (TPSA) is 58.2 Å². The normalized spacial score (nSPS) is 11.1. The Kier molecular flexibility index (Phi) is 7.30. The first-order chi connectivity index (χ1) is 7.95. The van der Waals surface area contributed by atoms with Gasteiger partial charge in [0.2, 0.25) is 10.0 Å². The highest BCUT2D eigenvalue weighted by Gasteiger charge is 2.15. The zero-order valence-corrected chi connectivity index (χ0v) is 11.4. The van der Waals surface area contributed by atoms with Crippen molar-refractivity contribution in [2.45, 2.75) is 11.8 Å². The van der Waals surface area contributed by atoms with Crippen LogP contribution in [-0.4, -0.2) is 28.1 Å². The van der Waals surface area contributed by atoms with Gasteiger partial charge in [-0.15, -0.1) is 12.4 Å². The molecular formula is C10H15ClF2N2O2S. The van der Waals surface area contributed by atoms with Crippen LogP contribution in [0.1, 0.15) is 6.92 Å². The van der Waals surface area contributed by atoms with Crippen LogP contribution in [0.15, 0.2) is 23.1 Å². The first-order valence-electron chi connectivity index (χ1n) is 5.12. The lowest BCUT2D eigenvalue weighted by Crippen LogP contribution is -2.31. The van der Waals surface area contributed by atoms with Crippen molar-refractivity contribution in [3.63, 3.8) is 0 Å². The quantitative estimate of drug-likeness (QED) is 0.778. The van der Waals surface area contributed by atoms with Crippen molar-refractivity contribution in [3.05, 3.63) is 29.8 Å². The minimum Gasteiger partial charge on any atom is -0.316 e. The maximum atomic E-state index is 12.9. The molecule has 0 bridgehead atoms. The van der Waals surface area contributed by atoms with Crippen molar-refractivity contribution in [3.8, 4) is 0 Å². The van der Waals surface area contributed by atoms with E-state index in [1.54, 1.807) is 0 Å². The monoisotopic (exact) mass is 300 g/mol. The van der Waals surface area contributed by atoms with Crippen LogP contribution in [0.2, 0.25) is 0 Å². The third-order valence-corrected chi connectivity index (χ3v) is 3.43. The molecule has 0 saturated heterocycles. The smallest absolute Gasteiger partial charge is 0.240 e. The fourth-order valence-electron chi connectivity index (χ4n) is 1.22. The number of nitrogens with one attached hydrogen (secondary N) is 2. The molecule has 4 nitrogen and oxygen atoms in total. The van der Waals surface area contributed by atoms with Gasteiger partial charge in [0.15, 0.2) is 0 Å². The molecular weight excluding hydrogens is 286 g/mol. The number of sulfonamides is 1. The van der Waals surface area contributed by atoms with E-state index in [4.69, 9.17) is 0 Å². The molecule has 0 aliphatic rings. The molecule has 0 unspecified atom stereocenters. The maximum Gasteiger partial charge on any atom is 0.240 e. The summed E-state index contributed by atoms with van der Waals surface area (Å²) in [6.45, 7) is 3.22. The molecule has 0 radical (unpaired) electrons. The van der Waals surface area contributed by atoms with Gasteiger partial charge >= 0.3 is 0 Å². The molecule has 0 aliphatic carbocycles. The van der Waals surface area contributed by atoms with Crippen LogP contribution in [0, 0.1) is 11.6 Å². The van der Waals surface area contributed by atoms with Crippen molar-refractivity contribution in [2.24, 2.45) is 0 Å². The van der Waals surface area contributed by atoms with Crippen molar-refractivity contribution < 1.29 is 17.2 Å². The van der Waals surface area contributed by atoms with E-state index in [0.717, 1.165) is 18.7 Å². The van der Waals surface area contributed by atoms with E-state index in [-0.39, 0.29) is 19.0 Å². The largest absolute Gasteiger partial charge is 0.316 e. The third kappa shape index (κ3) is 5.26. The Hall–Kier alpha value is -0.760. The highest BCUT2D eigenvalue weighted by molar-refractivity contribution is 7.89. The lowest BCUT2D eigenvalue weighted by Gasteiger charge is -2.07. The van der Waals surface area contributed by atoms with Crippen LogP contribution in [0.3, 0.4) is 0 Å². The molecule has 0 saturated carbocycles. The molecule has 0 aliphatic heterocycles. The minimum atomic E-state index is -3.86. The standard InChI is InChI=1S/C10H14F2N2O2S.ClH/c1-2-13-3-4-14-17(15,16)10-6-8(11)5-9(12)7-10;/h5-7,13-14H,2-4H2,1H3;1H. The van der Waals surface area contributed by atoms with Gasteiger partial charge < -0.3 is 5.32 Å². The molecule has 0 amide bonds. The Morgan fingerprint density at radius 1 is 1.11 bits per heavy atom. The number of hydrogen-bond donors (Lipinski definition) is 2. The summed E-state index contributed by atoms with van der Waals surface area (Å²) < 4.78 is 51.2. The predicted molar refractivity (Wildman–Crippen MR) is 67.3 cm³/mol. The van der Waals surface area contributed by atoms with Crippen LogP contribution >= 0.6 is 12.4 Å². The van der Waals surface area contributed by atoms with Crippen molar-refractivity contribution in [1.29, 1.82) is 0 Å². The van der Waals surface area contributed by atoms with E-state index in [9.17, 15) is 17.2 Å². The van der Waals surface area contributed by atoms with E-state index in [1.807, 2.05) is 6.92 Å². The summed E-state index contributed by atoms with van der Waals surface area (Å²) in [5.74, 6) is -1.84. The summed E-state index contributed by atoms with van der Waals surface area (Å²) in [7, 11) is -3.86. The molecule has 0 aromatic heterocycles. The molecule has 0 spiro atoms. The molecule has 18 heavy (non-hydrogen) atoms. The van der Waals surface area contributed by atoms with Crippen molar-refractivity contribution in [2.75, 3.05) is 19.6 Å². The van der Waals surface area contributed by atoms with E-state index in [2.05, 4.69) is 10.0 Å². The van der Waals surface area contributed by atoms with Gasteiger partial charge in [-0.1, -0.05) is 6.92 Å². The molecule has 1 rings (SSSR count). The van der Waals surface area contributed by atoms with Crippen LogP contribution in [0.5, 0.6) is 0 Å². The maximum absolute atomic E-state index is 12.9. The summed E-state index contributed by atoms with van der Waals surface area (Å²) in [4.78, 5) is -0.411. The fraction of sp³-hybridized carbons (Fsp3) is 0.400. The SMILES string of the molecule is CCNCCNS(=O)(=O)c1cc(F)cc(F)c1.Cl. The summed E-state index contributed by atoms with van der Waals surface area (Å²) >= 11 is 0. The Labute approximate surface area is 111 Å². The zero-order valence-electron chi connectivity index (χ0n) is 9.74. The van der Waals surface area contributed by atoms with Crippen molar-refractivity contribution in [1.82, 2.24) is 10.0 Å². The van der Waals surface area contributed by atoms with Gasteiger partial charge in [0, 0.05) is 19.2 Å². The highest BCUT2D eigenvalue weighted by atomic mass is 35.5. The average molecular weight is 301 g/mol. The highest BCUT2D eigenvalue weighted by Crippen LogP contribution is 2.12. The Morgan fingerprint density at radius 2 is 1.67 bits per heavy atom. The molecule has 0 heterocycles. The van der Waals surface area contributed by atoms with Crippen LogP contribution < -0.4 is 10.0 Å². The van der Waals surface area contributed by atoms with Crippen LogP contribution in [0.4, 0.5) is 8.78 Å². The molecule has 1 aromatic carbocycles. The van der Waals surface area contributed by atoms with Crippen LogP contribution in [0.25, 0.3) is 0 Å². The zero-order chi connectivity index (χ0) is 12.9. The second kappa shape index (κ2) is 7.63. The van der Waals surface area contributed by atoms with Gasteiger partial charge in [-0.05, 0) is 18.7 Å². The van der Waals surface area contributed by atoms with Crippen molar-refractivity contribution >= 4 is 22.4 Å². The van der Waals surface area contributed by atoms with Gasteiger partial charge in [0.25, 0.3) is 0 Å². The van der Waals surface area contributed by atoms with Gasteiger partial charge in [-0.3, -0.25) is 0 Å². The molecule has 1 aromatic rings. The van der Waals surface area contributed by atoms with Gasteiger partial charge in [-0.25, -0.2) is 21.9 Å². The molecule has 0 atom stereocenters. The number of halogens is 3. The van der Waals surface area contributed by atoms with Crippen LogP contribution in [-0.2, 0) is 10.0 Å².